The summed E-state index contributed by atoms with van der Waals surface area (Å²) in [5.74, 6) is 0.774. The summed E-state index contributed by atoms with van der Waals surface area (Å²) in [5.41, 5.74) is 1.08. The van der Waals surface area contributed by atoms with Gasteiger partial charge < -0.3 is 5.32 Å². The first-order chi connectivity index (χ1) is 8.22. The Kier molecular flexibility index (Phi) is 3.79. The van der Waals surface area contributed by atoms with E-state index in [0.29, 0.717) is 5.92 Å². The molecule has 1 aliphatic rings. The Morgan fingerprint density at radius 3 is 2.65 bits per heavy atom. The van der Waals surface area contributed by atoms with Crippen LogP contribution in [0.2, 0.25) is 0 Å². The minimum absolute atomic E-state index is 0.0882. The van der Waals surface area contributed by atoms with Crippen LogP contribution in [0.15, 0.2) is 30.3 Å². The molecule has 1 saturated heterocycles. The zero-order chi connectivity index (χ0) is 12.3. The van der Waals surface area contributed by atoms with Crippen molar-refractivity contribution in [3.8, 4) is 0 Å². The predicted molar refractivity (Wildman–Crippen MR) is 68.6 cm³/mol. The molecular formula is C14H20N2O. The topological polar surface area (TPSA) is 32.3 Å². The lowest BCUT2D eigenvalue weighted by atomic mass is 10.0. The minimum atomic E-state index is -0.133. The molecule has 2 unspecified atom stereocenters. The van der Waals surface area contributed by atoms with Gasteiger partial charge in [0.15, 0.2) is 0 Å². The van der Waals surface area contributed by atoms with Gasteiger partial charge in [-0.15, -0.1) is 0 Å². The van der Waals surface area contributed by atoms with E-state index in [2.05, 4.69) is 17.1 Å². The summed E-state index contributed by atoms with van der Waals surface area (Å²) in [7, 11) is 1.71. The number of carbonyl (C=O) groups excluding carboxylic acids is 1. The largest absolute Gasteiger partial charge is 0.358 e. The summed E-state index contributed by atoms with van der Waals surface area (Å²) in [6.45, 7) is 4.26. The normalized spacial score (nSPS) is 22.4. The minimum Gasteiger partial charge on any atom is -0.358 e. The van der Waals surface area contributed by atoms with Crippen molar-refractivity contribution < 1.29 is 4.79 Å². The molecule has 92 valence electrons. The smallest absolute Gasteiger partial charge is 0.241 e. The van der Waals surface area contributed by atoms with Crippen molar-refractivity contribution in [2.24, 2.45) is 5.92 Å². The van der Waals surface area contributed by atoms with E-state index in [0.717, 1.165) is 18.7 Å². The number of hydrogen-bond acceptors (Lipinski definition) is 2. The Hall–Kier alpha value is -1.35. The fraction of sp³-hybridized carbons (Fsp3) is 0.500. The van der Waals surface area contributed by atoms with Gasteiger partial charge in [-0.1, -0.05) is 37.3 Å². The van der Waals surface area contributed by atoms with Crippen LogP contribution in [0, 0.1) is 5.92 Å². The van der Waals surface area contributed by atoms with Gasteiger partial charge in [-0.2, -0.15) is 0 Å². The van der Waals surface area contributed by atoms with Gasteiger partial charge in [-0.05, 0) is 24.4 Å². The van der Waals surface area contributed by atoms with Gasteiger partial charge in [0, 0.05) is 13.6 Å². The van der Waals surface area contributed by atoms with E-state index < -0.39 is 0 Å². The zero-order valence-corrected chi connectivity index (χ0v) is 10.5. The summed E-state index contributed by atoms with van der Waals surface area (Å²) >= 11 is 0. The molecule has 0 aliphatic carbocycles. The summed E-state index contributed by atoms with van der Waals surface area (Å²) in [6.07, 6.45) is 1.18. The summed E-state index contributed by atoms with van der Waals surface area (Å²) in [4.78, 5) is 14.3. The van der Waals surface area contributed by atoms with Crippen LogP contribution in [0.25, 0.3) is 0 Å². The van der Waals surface area contributed by atoms with Crippen LogP contribution < -0.4 is 5.32 Å². The van der Waals surface area contributed by atoms with Crippen molar-refractivity contribution in [1.82, 2.24) is 10.2 Å². The molecule has 1 amide bonds. The molecule has 1 heterocycles. The maximum absolute atomic E-state index is 12.1. The van der Waals surface area contributed by atoms with Crippen LogP contribution in [0.1, 0.15) is 24.9 Å². The van der Waals surface area contributed by atoms with Crippen LogP contribution in [-0.2, 0) is 4.79 Å². The third kappa shape index (κ3) is 2.67. The molecule has 0 radical (unpaired) electrons. The average molecular weight is 232 g/mol. The van der Waals surface area contributed by atoms with Crippen molar-refractivity contribution in [3.63, 3.8) is 0 Å². The Bertz CT molecular complexity index is 377. The van der Waals surface area contributed by atoms with Crippen molar-refractivity contribution in [3.05, 3.63) is 35.9 Å². The number of nitrogens with one attached hydrogen (secondary N) is 1. The van der Waals surface area contributed by atoms with Gasteiger partial charge in [0.1, 0.15) is 6.04 Å². The van der Waals surface area contributed by atoms with Gasteiger partial charge in [-0.3, -0.25) is 9.69 Å². The number of likely N-dealkylation sites (N-methyl/N-ethyl adjacent to an activating group) is 1. The molecule has 3 heteroatoms. The van der Waals surface area contributed by atoms with E-state index in [4.69, 9.17) is 0 Å². The lowest BCUT2D eigenvalue weighted by Gasteiger charge is -2.26. The number of nitrogens with zero attached hydrogens (tertiary/aromatic N) is 1. The monoisotopic (exact) mass is 232 g/mol. The fourth-order valence-electron chi connectivity index (χ4n) is 2.50. The number of rotatable bonds is 3. The van der Waals surface area contributed by atoms with E-state index in [1.54, 1.807) is 7.05 Å². The van der Waals surface area contributed by atoms with E-state index in [1.165, 1.54) is 6.42 Å². The van der Waals surface area contributed by atoms with Crippen molar-refractivity contribution in [2.45, 2.75) is 19.4 Å². The number of benzene rings is 1. The van der Waals surface area contributed by atoms with E-state index in [-0.39, 0.29) is 11.9 Å². The third-order valence-corrected chi connectivity index (χ3v) is 3.43. The Balaban J connectivity index is 2.23. The molecule has 1 aliphatic heterocycles. The maximum Gasteiger partial charge on any atom is 0.241 e. The first kappa shape index (κ1) is 12.1. The summed E-state index contributed by atoms with van der Waals surface area (Å²) < 4.78 is 0. The standard InChI is InChI=1S/C14H20N2O/c1-11-8-9-16(10-11)13(14(17)15-2)12-6-4-3-5-7-12/h3-7,11,13H,8-10H2,1-2H3,(H,15,17). The molecule has 0 spiro atoms. The maximum atomic E-state index is 12.1. The highest BCUT2D eigenvalue weighted by Gasteiger charge is 2.31. The van der Waals surface area contributed by atoms with Gasteiger partial charge in [-0.25, -0.2) is 0 Å². The Morgan fingerprint density at radius 2 is 2.12 bits per heavy atom. The second kappa shape index (κ2) is 5.32. The van der Waals surface area contributed by atoms with Crippen LogP contribution in [-0.4, -0.2) is 30.9 Å². The molecule has 3 nitrogen and oxygen atoms in total. The van der Waals surface area contributed by atoms with E-state index in [9.17, 15) is 4.79 Å². The van der Waals surface area contributed by atoms with Gasteiger partial charge in [0.05, 0.1) is 0 Å². The number of amides is 1. The molecule has 1 N–H and O–H groups in total. The zero-order valence-electron chi connectivity index (χ0n) is 10.5. The molecule has 1 aromatic carbocycles. The summed E-state index contributed by atoms with van der Waals surface area (Å²) in [6, 6.07) is 9.89. The molecule has 0 aromatic heterocycles. The van der Waals surface area contributed by atoms with Crippen LogP contribution in [0.5, 0.6) is 0 Å². The molecule has 2 atom stereocenters. The molecular weight excluding hydrogens is 212 g/mol. The number of hydrogen-bond donors (Lipinski definition) is 1. The molecule has 0 saturated carbocycles. The number of carbonyl (C=O) groups is 1. The van der Waals surface area contributed by atoms with Crippen LogP contribution in [0.4, 0.5) is 0 Å². The average Bonchev–Trinajstić information content (AvgIpc) is 2.77. The first-order valence-corrected chi connectivity index (χ1v) is 6.23. The quantitative estimate of drug-likeness (QED) is 0.862. The van der Waals surface area contributed by atoms with Gasteiger partial charge in [0.2, 0.25) is 5.91 Å². The van der Waals surface area contributed by atoms with Crippen LogP contribution in [0.3, 0.4) is 0 Å². The highest BCUT2D eigenvalue weighted by Crippen LogP contribution is 2.27. The highest BCUT2D eigenvalue weighted by atomic mass is 16.2. The molecule has 0 bridgehead atoms. The SMILES string of the molecule is CNC(=O)C(c1ccccc1)N1CCC(C)C1. The summed E-state index contributed by atoms with van der Waals surface area (Å²) in [5, 5.41) is 2.77. The fourth-order valence-corrected chi connectivity index (χ4v) is 2.50. The van der Waals surface area contributed by atoms with Crippen molar-refractivity contribution >= 4 is 5.91 Å². The highest BCUT2D eigenvalue weighted by molar-refractivity contribution is 5.82. The lowest BCUT2D eigenvalue weighted by molar-refractivity contribution is -0.125. The number of likely N-dealkylation sites (tertiary alicyclic amines) is 1. The van der Waals surface area contributed by atoms with Crippen molar-refractivity contribution in [2.75, 3.05) is 20.1 Å². The second-order valence-electron chi connectivity index (χ2n) is 4.82. The Labute approximate surface area is 103 Å². The second-order valence-corrected chi connectivity index (χ2v) is 4.82. The van der Waals surface area contributed by atoms with E-state index in [1.807, 2.05) is 30.3 Å². The Morgan fingerprint density at radius 1 is 1.41 bits per heavy atom. The van der Waals surface area contributed by atoms with Gasteiger partial charge in [0.25, 0.3) is 0 Å². The third-order valence-electron chi connectivity index (χ3n) is 3.43. The molecule has 1 aromatic rings. The first-order valence-electron chi connectivity index (χ1n) is 6.23. The van der Waals surface area contributed by atoms with Gasteiger partial charge >= 0.3 is 0 Å². The van der Waals surface area contributed by atoms with Crippen LogP contribution >= 0.6 is 0 Å². The molecule has 17 heavy (non-hydrogen) atoms. The molecule has 2 rings (SSSR count). The lowest BCUT2D eigenvalue weighted by Crippen LogP contribution is -2.38. The van der Waals surface area contributed by atoms with Crippen molar-refractivity contribution in [1.29, 1.82) is 0 Å². The van der Waals surface area contributed by atoms with E-state index >= 15 is 0 Å². The molecule has 1 fully saturated rings. The predicted octanol–water partition coefficient (Wildman–Crippen LogP) is 1.82.